The van der Waals surface area contributed by atoms with E-state index >= 15 is 0 Å². The molecule has 1 unspecified atom stereocenters. The zero-order valence-corrected chi connectivity index (χ0v) is 15.8. The topological polar surface area (TPSA) is 73.2 Å². The number of methoxy groups -OCH3 is 1. The summed E-state index contributed by atoms with van der Waals surface area (Å²) in [7, 11) is 1.58. The Hall–Kier alpha value is -2.51. The van der Waals surface area contributed by atoms with Crippen LogP contribution in [0.25, 0.3) is 21.3 Å². The Morgan fingerprint density at radius 2 is 2.08 bits per heavy atom. The number of hydrogen-bond acceptors (Lipinski definition) is 5. The van der Waals surface area contributed by atoms with E-state index in [1.54, 1.807) is 7.11 Å². The zero-order chi connectivity index (χ0) is 18.7. The fourth-order valence-electron chi connectivity index (χ4n) is 2.79. The van der Waals surface area contributed by atoms with Crippen LogP contribution in [0.3, 0.4) is 0 Å². The molecule has 0 aliphatic rings. The molecular weight excluding hydrogens is 350 g/mol. The predicted molar refractivity (Wildman–Crippen MR) is 104 cm³/mol. The van der Waals surface area contributed by atoms with Gasteiger partial charge in [0.2, 0.25) is 5.91 Å². The first-order chi connectivity index (χ1) is 12.5. The van der Waals surface area contributed by atoms with Crippen molar-refractivity contribution in [3.63, 3.8) is 0 Å². The monoisotopic (exact) mass is 371 g/mol. The highest BCUT2D eigenvalue weighted by molar-refractivity contribution is 7.17. The lowest BCUT2D eigenvalue weighted by atomic mass is 10.1. The van der Waals surface area contributed by atoms with Crippen molar-refractivity contribution in [1.82, 2.24) is 14.9 Å². The number of ether oxygens (including phenoxy) is 1. The minimum atomic E-state index is -0.245. The molecule has 0 spiro atoms. The van der Waals surface area contributed by atoms with Gasteiger partial charge >= 0.3 is 0 Å². The number of carbonyl (C=O) groups excluding carboxylic acids is 1. The van der Waals surface area contributed by atoms with E-state index in [1.165, 1.54) is 22.2 Å². The smallest absolute Gasteiger partial charge is 0.263 e. The molecule has 7 heteroatoms. The van der Waals surface area contributed by atoms with Crippen LogP contribution in [-0.4, -0.2) is 35.2 Å². The molecule has 0 aliphatic heterocycles. The summed E-state index contributed by atoms with van der Waals surface area (Å²) in [6.07, 6.45) is 1.43. The molecule has 6 nitrogen and oxygen atoms in total. The van der Waals surface area contributed by atoms with E-state index in [0.29, 0.717) is 16.8 Å². The molecule has 2 aromatic heterocycles. The van der Waals surface area contributed by atoms with Crippen LogP contribution in [-0.2, 0) is 16.1 Å². The summed E-state index contributed by atoms with van der Waals surface area (Å²) < 4.78 is 6.35. The lowest BCUT2D eigenvalue weighted by molar-refractivity contribution is -0.122. The summed E-state index contributed by atoms with van der Waals surface area (Å²) >= 11 is 1.43. The summed E-state index contributed by atoms with van der Waals surface area (Å²) in [4.78, 5) is 30.1. The van der Waals surface area contributed by atoms with Gasteiger partial charge in [0.05, 0.1) is 18.3 Å². The van der Waals surface area contributed by atoms with Crippen molar-refractivity contribution in [2.75, 3.05) is 13.7 Å². The first kappa shape index (κ1) is 18.3. The van der Waals surface area contributed by atoms with Gasteiger partial charge < -0.3 is 10.1 Å². The Morgan fingerprint density at radius 1 is 1.35 bits per heavy atom. The summed E-state index contributed by atoms with van der Waals surface area (Å²) in [5, 5.41) is 5.30. The van der Waals surface area contributed by atoms with Gasteiger partial charge in [-0.05, 0) is 19.4 Å². The molecule has 0 fully saturated rings. The minimum Gasteiger partial charge on any atom is -0.383 e. The Morgan fingerprint density at radius 3 is 2.77 bits per heavy atom. The maximum absolute atomic E-state index is 12.9. The Balaban J connectivity index is 1.93. The van der Waals surface area contributed by atoms with Crippen LogP contribution in [0.5, 0.6) is 0 Å². The number of amides is 1. The Kier molecular flexibility index (Phi) is 5.49. The van der Waals surface area contributed by atoms with E-state index in [0.717, 1.165) is 16.7 Å². The van der Waals surface area contributed by atoms with Crippen LogP contribution in [0.15, 0.2) is 40.8 Å². The molecular formula is C19H21N3O3S. The Labute approximate surface area is 155 Å². The zero-order valence-electron chi connectivity index (χ0n) is 15.0. The minimum absolute atomic E-state index is 0.0704. The number of nitrogens with zero attached hydrogens (tertiary/aromatic N) is 2. The SMILES string of the molecule is COCC(C)NC(=O)Cn1cnc2scc(-c3ccc(C)cc3)c2c1=O. The fraction of sp³-hybridized carbons (Fsp3) is 0.316. The molecule has 1 amide bonds. The second-order valence-corrected chi connectivity index (χ2v) is 7.16. The van der Waals surface area contributed by atoms with Crippen LogP contribution in [0.4, 0.5) is 0 Å². The van der Waals surface area contributed by atoms with Gasteiger partial charge in [0, 0.05) is 24.1 Å². The number of rotatable bonds is 6. The summed E-state index contributed by atoms with van der Waals surface area (Å²) in [5.41, 5.74) is 2.77. The third-order valence-electron chi connectivity index (χ3n) is 4.06. The number of aromatic nitrogens is 2. The summed E-state index contributed by atoms with van der Waals surface area (Å²) in [5.74, 6) is -0.245. The molecule has 1 N–H and O–H groups in total. The average molecular weight is 371 g/mol. The molecule has 0 saturated heterocycles. The molecule has 0 aliphatic carbocycles. The van der Waals surface area contributed by atoms with Gasteiger partial charge in [-0.15, -0.1) is 11.3 Å². The third kappa shape index (κ3) is 3.84. The fourth-order valence-corrected chi connectivity index (χ4v) is 3.70. The van der Waals surface area contributed by atoms with E-state index in [2.05, 4.69) is 10.3 Å². The summed E-state index contributed by atoms with van der Waals surface area (Å²) in [6, 6.07) is 7.89. The molecule has 3 aromatic rings. The Bertz CT molecular complexity index is 976. The highest BCUT2D eigenvalue weighted by atomic mass is 32.1. The van der Waals surface area contributed by atoms with Crippen LogP contribution in [0.2, 0.25) is 0 Å². The molecule has 1 aromatic carbocycles. The molecule has 136 valence electrons. The van der Waals surface area contributed by atoms with Gasteiger partial charge in [0.1, 0.15) is 11.4 Å². The van der Waals surface area contributed by atoms with Crippen molar-refractivity contribution in [1.29, 1.82) is 0 Å². The van der Waals surface area contributed by atoms with Crippen molar-refractivity contribution < 1.29 is 9.53 Å². The van der Waals surface area contributed by atoms with Crippen LogP contribution in [0.1, 0.15) is 12.5 Å². The lowest BCUT2D eigenvalue weighted by Gasteiger charge is -2.13. The van der Waals surface area contributed by atoms with E-state index < -0.39 is 0 Å². The molecule has 1 atom stereocenters. The normalized spacial score (nSPS) is 12.3. The van der Waals surface area contributed by atoms with Gasteiger partial charge in [0.15, 0.2) is 0 Å². The van der Waals surface area contributed by atoms with Crippen LogP contribution in [0, 0.1) is 6.92 Å². The molecule has 26 heavy (non-hydrogen) atoms. The van der Waals surface area contributed by atoms with Gasteiger partial charge in [0.25, 0.3) is 5.56 Å². The number of aryl methyl sites for hydroxylation is 1. The molecule has 0 radical (unpaired) electrons. The van der Waals surface area contributed by atoms with Gasteiger partial charge in [-0.1, -0.05) is 29.8 Å². The van der Waals surface area contributed by atoms with Crippen molar-refractivity contribution >= 4 is 27.5 Å². The quantitative estimate of drug-likeness (QED) is 0.723. The standard InChI is InChI=1S/C19H21N3O3S/c1-12-4-6-14(7-5-12)15-10-26-18-17(15)19(24)22(11-20-18)8-16(23)21-13(2)9-25-3/h4-7,10-11,13H,8-9H2,1-3H3,(H,21,23). The maximum Gasteiger partial charge on any atom is 0.263 e. The van der Waals surface area contributed by atoms with Gasteiger partial charge in [-0.3, -0.25) is 14.2 Å². The average Bonchev–Trinajstić information content (AvgIpc) is 3.03. The predicted octanol–water partition coefficient (Wildman–Crippen LogP) is 2.58. The number of hydrogen-bond donors (Lipinski definition) is 1. The van der Waals surface area contributed by atoms with Crippen molar-refractivity contribution in [2.45, 2.75) is 26.4 Å². The first-order valence-electron chi connectivity index (χ1n) is 8.31. The number of nitrogens with one attached hydrogen (secondary N) is 1. The van der Waals surface area contributed by atoms with Crippen LogP contribution >= 0.6 is 11.3 Å². The number of benzene rings is 1. The second-order valence-electron chi connectivity index (χ2n) is 6.30. The number of carbonyl (C=O) groups is 1. The van der Waals surface area contributed by atoms with Crippen LogP contribution < -0.4 is 10.9 Å². The molecule has 3 rings (SSSR count). The largest absolute Gasteiger partial charge is 0.383 e. The highest BCUT2D eigenvalue weighted by Crippen LogP contribution is 2.30. The van der Waals surface area contributed by atoms with E-state index in [-0.39, 0.29) is 24.1 Å². The van der Waals surface area contributed by atoms with E-state index in [9.17, 15) is 9.59 Å². The first-order valence-corrected chi connectivity index (χ1v) is 9.19. The number of thiophene rings is 1. The third-order valence-corrected chi connectivity index (χ3v) is 4.95. The summed E-state index contributed by atoms with van der Waals surface area (Å²) in [6.45, 7) is 4.21. The van der Waals surface area contributed by atoms with Crippen molar-refractivity contribution in [2.24, 2.45) is 0 Å². The van der Waals surface area contributed by atoms with Crippen molar-refractivity contribution in [3.8, 4) is 11.1 Å². The van der Waals surface area contributed by atoms with Gasteiger partial charge in [-0.25, -0.2) is 4.98 Å². The molecule has 0 saturated carbocycles. The highest BCUT2D eigenvalue weighted by Gasteiger charge is 2.15. The maximum atomic E-state index is 12.9. The number of fused-ring (bicyclic) bond motifs is 1. The van der Waals surface area contributed by atoms with E-state index in [1.807, 2.05) is 43.5 Å². The van der Waals surface area contributed by atoms with E-state index in [4.69, 9.17) is 4.74 Å². The van der Waals surface area contributed by atoms with Crippen molar-refractivity contribution in [3.05, 3.63) is 51.9 Å². The molecule has 0 bridgehead atoms. The second kappa shape index (κ2) is 7.80. The lowest BCUT2D eigenvalue weighted by Crippen LogP contribution is -2.39. The molecule has 2 heterocycles. The van der Waals surface area contributed by atoms with Gasteiger partial charge in [-0.2, -0.15) is 0 Å².